The number of rotatable bonds is 5. The lowest BCUT2D eigenvalue weighted by molar-refractivity contribution is -0.137. The van der Waals surface area contributed by atoms with Crippen LogP contribution in [0.3, 0.4) is 0 Å². The van der Waals surface area contributed by atoms with Crippen molar-refractivity contribution in [2.45, 2.75) is 13.8 Å². The fourth-order valence-electron chi connectivity index (χ4n) is 1.68. The van der Waals surface area contributed by atoms with Gasteiger partial charge in [0.25, 0.3) is 5.91 Å². The van der Waals surface area contributed by atoms with Gasteiger partial charge in [-0.1, -0.05) is 13.8 Å². The molecule has 0 aliphatic carbocycles. The van der Waals surface area contributed by atoms with Crippen LogP contribution >= 0.6 is 0 Å². The predicted octanol–water partition coefficient (Wildman–Crippen LogP) is 1.71. The first-order valence-electron chi connectivity index (χ1n) is 5.81. The Morgan fingerprint density at radius 2 is 2.00 bits per heavy atom. The van der Waals surface area contributed by atoms with Crippen molar-refractivity contribution in [3.05, 3.63) is 29.6 Å². The molecule has 0 spiro atoms. The number of benzene rings is 1. The van der Waals surface area contributed by atoms with Gasteiger partial charge < -0.3 is 15.1 Å². The molecular formula is C13H16FNO4. The van der Waals surface area contributed by atoms with Crippen LogP contribution in [-0.2, 0) is 4.79 Å². The fourth-order valence-corrected chi connectivity index (χ4v) is 1.68. The Bertz CT molecular complexity index is 488. The fraction of sp³-hybridized carbons (Fsp3) is 0.385. The van der Waals surface area contributed by atoms with Crippen molar-refractivity contribution in [3.8, 4) is 5.75 Å². The van der Waals surface area contributed by atoms with Crippen LogP contribution in [0.4, 0.5) is 4.39 Å². The van der Waals surface area contributed by atoms with Gasteiger partial charge in [0.1, 0.15) is 18.1 Å². The van der Waals surface area contributed by atoms with Crippen LogP contribution in [0, 0.1) is 11.7 Å². The molecule has 5 nitrogen and oxygen atoms in total. The molecule has 1 aromatic carbocycles. The standard InChI is InChI=1S/C13H16FNO4/c1-8(2)6-15(7-12(17)18)13(19)10-4-3-9(14)5-11(10)16/h3-5,8,16H,6-7H2,1-2H3,(H,17,18). The van der Waals surface area contributed by atoms with E-state index in [2.05, 4.69) is 0 Å². The number of phenols is 1. The molecule has 0 bridgehead atoms. The van der Waals surface area contributed by atoms with Gasteiger partial charge in [-0.05, 0) is 18.1 Å². The zero-order valence-electron chi connectivity index (χ0n) is 10.8. The van der Waals surface area contributed by atoms with Gasteiger partial charge in [0.2, 0.25) is 0 Å². The molecule has 6 heteroatoms. The quantitative estimate of drug-likeness (QED) is 0.853. The maximum Gasteiger partial charge on any atom is 0.323 e. The minimum absolute atomic E-state index is 0.0749. The topological polar surface area (TPSA) is 77.8 Å². The summed E-state index contributed by atoms with van der Waals surface area (Å²) in [6.07, 6.45) is 0. The molecule has 0 aromatic heterocycles. The first-order chi connectivity index (χ1) is 8.81. The van der Waals surface area contributed by atoms with Crippen LogP contribution in [0.5, 0.6) is 5.75 Å². The molecule has 0 heterocycles. The monoisotopic (exact) mass is 269 g/mol. The summed E-state index contributed by atoms with van der Waals surface area (Å²) in [5.41, 5.74) is -0.108. The van der Waals surface area contributed by atoms with E-state index in [1.807, 2.05) is 13.8 Å². The van der Waals surface area contributed by atoms with Gasteiger partial charge in [0, 0.05) is 12.6 Å². The maximum absolute atomic E-state index is 12.9. The third kappa shape index (κ3) is 4.24. The number of carbonyl (C=O) groups excluding carboxylic acids is 1. The van der Waals surface area contributed by atoms with E-state index in [0.717, 1.165) is 23.1 Å². The van der Waals surface area contributed by atoms with E-state index in [-0.39, 0.29) is 18.0 Å². The summed E-state index contributed by atoms with van der Waals surface area (Å²) in [7, 11) is 0. The first-order valence-corrected chi connectivity index (χ1v) is 5.81. The highest BCUT2D eigenvalue weighted by Gasteiger charge is 2.22. The smallest absolute Gasteiger partial charge is 0.323 e. The highest BCUT2D eigenvalue weighted by atomic mass is 19.1. The number of aromatic hydroxyl groups is 1. The number of hydrogen-bond acceptors (Lipinski definition) is 3. The van der Waals surface area contributed by atoms with Crippen molar-refractivity contribution in [3.63, 3.8) is 0 Å². The number of halogens is 1. The highest BCUT2D eigenvalue weighted by molar-refractivity contribution is 5.98. The molecule has 1 amide bonds. The number of nitrogens with zero attached hydrogens (tertiary/aromatic N) is 1. The molecule has 0 aliphatic rings. The number of amides is 1. The summed E-state index contributed by atoms with van der Waals surface area (Å²) in [6, 6.07) is 3.00. The van der Waals surface area contributed by atoms with Gasteiger partial charge in [0.15, 0.2) is 0 Å². The molecule has 19 heavy (non-hydrogen) atoms. The van der Waals surface area contributed by atoms with Crippen LogP contribution in [0.25, 0.3) is 0 Å². The van der Waals surface area contributed by atoms with E-state index in [0.29, 0.717) is 0 Å². The average molecular weight is 269 g/mol. The second-order valence-electron chi connectivity index (χ2n) is 4.63. The third-order valence-corrected chi connectivity index (χ3v) is 2.39. The van der Waals surface area contributed by atoms with Gasteiger partial charge in [-0.2, -0.15) is 0 Å². The number of carbonyl (C=O) groups is 2. The summed E-state index contributed by atoms with van der Waals surface area (Å²) >= 11 is 0. The molecule has 0 unspecified atom stereocenters. The molecule has 2 N–H and O–H groups in total. The van der Waals surface area contributed by atoms with Crippen LogP contribution in [0.15, 0.2) is 18.2 Å². The van der Waals surface area contributed by atoms with Gasteiger partial charge in [-0.15, -0.1) is 0 Å². The number of aliphatic carboxylic acids is 1. The average Bonchev–Trinajstić information content (AvgIpc) is 2.26. The Kier molecular flexibility index (Phi) is 4.86. The lowest BCUT2D eigenvalue weighted by atomic mass is 10.1. The van der Waals surface area contributed by atoms with E-state index in [9.17, 15) is 19.1 Å². The SMILES string of the molecule is CC(C)CN(CC(=O)O)C(=O)c1ccc(F)cc1O. The molecule has 0 radical (unpaired) electrons. The van der Waals surface area contributed by atoms with Crippen LogP contribution in [0.1, 0.15) is 24.2 Å². The second kappa shape index (κ2) is 6.17. The van der Waals surface area contributed by atoms with Crippen molar-refractivity contribution < 1.29 is 24.2 Å². The van der Waals surface area contributed by atoms with E-state index in [1.54, 1.807) is 0 Å². The lowest BCUT2D eigenvalue weighted by Crippen LogP contribution is -2.38. The molecule has 1 aromatic rings. The zero-order chi connectivity index (χ0) is 14.6. The lowest BCUT2D eigenvalue weighted by Gasteiger charge is -2.23. The summed E-state index contributed by atoms with van der Waals surface area (Å²) in [5.74, 6) is -2.86. The van der Waals surface area contributed by atoms with Gasteiger partial charge in [-0.25, -0.2) is 4.39 Å². The minimum atomic E-state index is -1.14. The van der Waals surface area contributed by atoms with Gasteiger partial charge in [0.05, 0.1) is 5.56 Å². The molecule has 0 saturated heterocycles. The molecular weight excluding hydrogens is 253 g/mol. The molecule has 0 saturated carbocycles. The molecule has 0 fully saturated rings. The summed E-state index contributed by atoms with van der Waals surface area (Å²) in [6.45, 7) is 3.45. The van der Waals surface area contributed by atoms with E-state index in [4.69, 9.17) is 5.11 Å². The Hall–Kier alpha value is -2.11. The van der Waals surface area contributed by atoms with Crippen molar-refractivity contribution in [1.29, 1.82) is 0 Å². The van der Waals surface area contributed by atoms with Crippen molar-refractivity contribution in [1.82, 2.24) is 4.90 Å². The third-order valence-electron chi connectivity index (χ3n) is 2.39. The molecule has 1 rings (SSSR count). The van der Waals surface area contributed by atoms with Crippen LogP contribution in [-0.4, -0.2) is 40.1 Å². The normalized spacial score (nSPS) is 10.5. The Balaban J connectivity index is 3.00. The molecule has 0 aliphatic heterocycles. The number of carboxylic acid groups (broad SMARTS) is 1. The second-order valence-corrected chi connectivity index (χ2v) is 4.63. The number of carboxylic acids is 1. The summed E-state index contributed by atoms with van der Waals surface area (Å²) in [4.78, 5) is 24.0. The van der Waals surface area contributed by atoms with Gasteiger partial charge >= 0.3 is 5.97 Å². The van der Waals surface area contributed by atoms with E-state index < -0.39 is 30.0 Å². The highest BCUT2D eigenvalue weighted by Crippen LogP contribution is 2.20. The Morgan fingerprint density at radius 1 is 1.37 bits per heavy atom. The largest absolute Gasteiger partial charge is 0.507 e. The summed E-state index contributed by atoms with van der Waals surface area (Å²) in [5, 5.41) is 18.3. The van der Waals surface area contributed by atoms with Gasteiger partial charge in [-0.3, -0.25) is 9.59 Å². The number of hydrogen-bond donors (Lipinski definition) is 2. The first kappa shape index (κ1) is 14.9. The van der Waals surface area contributed by atoms with Crippen molar-refractivity contribution in [2.75, 3.05) is 13.1 Å². The van der Waals surface area contributed by atoms with E-state index in [1.165, 1.54) is 0 Å². The van der Waals surface area contributed by atoms with Crippen LogP contribution in [0.2, 0.25) is 0 Å². The minimum Gasteiger partial charge on any atom is -0.507 e. The maximum atomic E-state index is 12.9. The molecule has 0 atom stereocenters. The van der Waals surface area contributed by atoms with E-state index >= 15 is 0 Å². The zero-order valence-corrected chi connectivity index (χ0v) is 10.8. The Morgan fingerprint density at radius 3 is 2.47 bits per heavy atom. The summed E-state index contributed by atoms with van der Waals surface area (Å²) < 4.78 is 12.9. The van der Waals surface area contributed by atoms with Crippen molar-refractivity contribution >= 4 is 11.9 Å². The van der Waals surface area contributed by atoms with Crippen LogP contribution < -0.4 is 0 Å². The predicted molar refractivity (Wildman–Crippen MR) is 66.4 cm³/mol. The van der Waals surface area contributed by atoms with Crippen molar-refractivity contribution in [2.24, 2.45) is 5.92 Å². The number of phenolic OH excluding ortho intramolecular Hbond substituents is 1. The molecule has 104 valence electrons. The Labute approximate surface area is 110 Å².